The summed E-state index contributed by atoms with van der Waals surface area (Å²) in [5, 5.41) is 10.7. The predicted octanol–water partition coefficient (Wildman–Crippen LogP) is 3.94. The van der Waals surface area contributed by atoms with Crippen molar-refractivity contribution < 1.29 is 19.2 Å². The second-order valence-electron chi connectivity index (χ2n) is 4.94. The van der Waals surface area contributed by atoms with Crippen LogP contribution >= 0.6 is 0 Å². The quantitative estimate of drug-likeness (QED) is 0.347. The van der Waals surface area contributed by atoms with Crippen LogP contribution in [-0.2, 0) is 0 Å². The van der Waals surface area contributed by atoms with Gasteiger partial charge in [0.1, 0.15) is 0 Å². The Bertz CT molecular complexity index is 768. The van der Waals surface area contributed by atoms with E-state index in [-0.39, 0.29) is 11.4 Å². The monoisotopic (exact) mass is 327 g/mol. The third-order valence-corrected chi connectivity index (χ3v) is 3.14. The smallest absolute Gasteiger partial charge is 0.343 e. The number of nitro groups is 1. The fourth-order valence-corrected chi connectivity index (χ4v) is 1.99. The van der Waals surface area contributed by atoms with Crippen LogP contribution in [0.25, 0.3) is 6.08 Å². The highest BCUT2D eigenvalue weighted by molar-refractivity contribution is 5.91. The summed E-state index contributed by atoms with van der Waals surface area (Å²) >= 11 is 0. The number of ether oxygens (including phenoxy) is 2. The SMILES string of the molecule is CCOc1cc(/C=C(\C)[N+](=O)[O-])ccc1OC(=O)c1ccccc1. The van der Waals surface area contributed by atoms with Crippen molar-refractivity contribution in [2.75, 3.05) is 6.61 Å². The van der Waals surface area contributed by atoms with E-state index in [0.29, 0.717) is 23.5 Å². The van der Waals surface area contributed by atoms with Crippen molar-refractivity contribution >= 4 is 12.0 Å². The number of allylic oxidation sites excluding steroid dienone is 1. The Hall–Kier alpha value is -3.15. The average Bonchev–Trinajstić information content (AvgIpc) is 2.58. The second kappa shape index (κ2) is 7.92. The molecule has 24 heavy (non-hydrogen) atoms. The number of esters is 1. The number of carbonyl (C=O) groups is 1. The summed E-state index contributed by atoms with van der Waals surface area (Å²) in [5.41, 5.74) is 1.02. The van der Waals surface area contributed by atoms with Crippen molar-refractivity contribution in [1.82, 2.24) is 0 Å². The Labute approximate surface area is 139 Å². The highest BCUT2D eigenvalue weighted by Crippen LogP contribution is 2.30. The van der Waals surface area contributed by atoms with E-state index in [1.165, 1.54) is 13.0 Å². The first kappa shape index (κ1) is 17.2. The lowest BCUT2D eigenvalue weighted by Gasteiger charge is -2.11. The van der Waals surface area contributed by atoms with Gasteiger partial charge in [-0.3, -0.25) is 10.1 Å². The largest absolute Gasteiger partial charge is 0.490 e. The van der Waals surface area contributed by atoms with Crippen LogP contribution in [0.15, 0.2) is 54.2 Å². The number of rotatable bonds is 6. The van der Waals surface area contributed by atoms with Crippen LogP contribution in [0.5, 0.6) is 11.5 Å². The standard InChI is InChI=1S/C18H17NO5/c1-3-23-17-12-14(11-13(2)19(21)22)9-10-16(17)24-18(20)15-7-5-4-6-8-15/h4-12H,3H2,1-2H3/b13-11+. The molecule has 0 aromatic heterocycles. The maximum atomic E-state index is 12.1. The van der Waals surface area contributed by atoms with Crippen LogP contribution < -0.4 is 9.47 Å². The lowest BCUT2D eigenvalue weighted by atomic mass is 10.1. The predicted molar refractivity (Wildman–Crippen MR) is 89.7 cm³/mol. The number of hydrogen-bond donors (Lipinski definition) is 0. The lowest BCUT2D eigenvalue weighted by molar-refractivity contribution is -0.422. The maximum Gasteiger partial charge on any atom is 0.343 e. The molecule has 0 heterocycles. The van der Waals surface area contributed by atoms with Gasteiger partial charge in [0, 0.05) is 13.0 Å². The molecule has 0 aliphatic heterocycles. The normalized spacial score (nSPS) is 11.0. The molecular weight excluding hydrogens is 310 g/mol. The molecule has 0 unspecified atom stereocenters. The molecule has 0 bridgehead atoms. The molecule has 6 heteroatoms. The number of hydrogen-bond acceptors (Lipinski definition) is 5. The van der Waals surface area contributed by atoms with E-state index < -0.39 is 10.9 Å². The molecule has 0 aliphatic carbocycles. The molecule has 0 radical (unpaired) electrons. The van der Waals surface area contributed by atoms with E-state index in [0.717, 1.165) is 0 Å². The van der Waals surface area contributed by atoms with Crippen molar-refractivity contribution in [2.45, 2.75) is 13.8 Å². The highest BCUT2D eigenvalue weighted by atomic mass is 16.6. The Morgan fingerprint density at radius 1 is 1.17 bits per heavy atom. The van der Waals surface area contributed by atoms with E-state index in [4.69, 9.17) is 9.47 Å². The third kappa shape index (κ3) is 4.42. The Morgan fingerprint density at radius 3 is 2.50 bits per heavy atom. The van der Waals surface area contributed by atoms with Gasteiger partial charge >= 0.3 is 5.97 Å². The van der Waals surface area contributed by atoms with Gasteiger partial charge in [-0.1, -0.05) is 24.3 Å². The topological polar surface area (TPSA) is 78.7 Å². The molecule has 0 N–H and O–H groups in total. The Balaban J connectivity index is 2.28. The summed E-state index contributed by atoms with van der Waals surface area (Å²) in [7, 11) is 0. The molecular formula is C18H17NO5. The van der Waals surface area contributed by atoms with Crippen LogP contribution in [0.2, 0.25) is 0 Å². The summed E-state index contributed by atoms with van der Waals surface area (Å²) in [6.45, 7) is 3.58. The first-order valence-electron chi connectivity index (χ1n) is 7.38. The molecule has 6 nitrogen and oxygen atoms in total. The summed E-state index contributed by atoms with van der Waals surface area (Å²) in [5.74, 6) is 0.120. The molecule has 2 aromatic carbocycles. The molecule has 0 atom stereocenters. The molecule has 2 rings (SSSR count). The van der Waals surface area contributed by atoms with Gasteiger partial charge in [-0.25, -0.2) is 4.79 Å². The van der Waals surface area contributed by atoms with Crippen LogP contribution in [0.1, 0.15) is 29.8 Å². The van der Waals surface area contributed by atoms with E-state index >= 15 is 0 Å². The van der Waals surface area contributed by atoms with Crippen molar-refractivity contribution in [3.05, 3.63) is 75.5 Å². The Morgan fingerprint density at radius 2 is 1.88 bits per heavy atom. The van der Waals surface area contributed by atoms with Crippen molar-refractivity contribution in [3.63, 3.8) is 0 Å². The first-order chi connectivity index (χ1) is 11.5. The molecule has 0 amide bonds. The highest BCUT2D eigenvalue weighted by Gasteiger charge is 2.13. The molecule has 0 aliphatic rings. The third-order valence-electron chi connectivity index (χ3n) is 3.14. The Kier molecular flexibility index (Phi) is 5.68. The molecule has 0 fully saturated rings. The van der Waals surface area contributed by atoms with E-state index in [9.17, 15) is 14.9 Å². The molecule has 2 aromatic rings. The van der Waals surface area contributed by atoms with E-state index in [1.54, 1.807) is 55.5 Å². The summed E-state index contributed by atoms with van der Waals surface area (Å²) < 4.78 is 10.9. The van der Waals surface area contributed by atoms with Gasteiger partial charge in [0.2, 0.25) is 5.70 Å². The molecule has 124 valence electrons. The average molecular weight is 327 g/mol. The minimum absolute atomic E-state index is 0.00600. The summed E-state index contributed by atoms with van der Waals surface area (Å²) in [4.78, 5) is 22.4. The van der Waals surface area contributed by atoms with Crippen LogP contribution in [0, 0.1) is 10.1 Å². The number of carbonyl (C=O) groups excluding carboxylic acids is 1. The lowest BCUT2D eigenvalue weighted by Crippen LogP contribution is -2.09. The van der Waals surface area contributed by atoms with Crippen LogP contribution in [0.4, 0.5) is 0 Å². The van der Waals surface area contributed by atoms with Gasteiger partial charge in [0.15, 0.2) is 11.5 Å². The maximum absolute atomic E-state index is 12.1. The van der Waals surface area contributed by atoms with Gasteiger partial charge in [0.25, 0.3) is 0 Å². The fraction of sp³-hybridized carbons (Fsp3) is 0.167. The van der Waals surface area contributed by atoms with Crippen molar-refractivity contribution in [3.8, 4) is 11.5 Å². The zero-order valence-electron chi connectivity index (χ0n) is 13.4. The molecule has 0 spiro atoms. The molecule has 0 saturated heterocycles. The van der Waals surface area contributed by atoms with Crippen LogP contribution in [-0.4, -0.2) is 17.5 Å². The summed E-state index contributed by atoms with van der Waals surface area (Å²) in [6, 6.07) is 13.4. The van der Waals surface area contributed by atoms with Crippen LogP contribution in [0.3, 0.4) is 0 Å². The fourth-order valence-electron chi connectivity index (χ4n) is 1.99. The number of benzene rings is 2. The molecule has 0 saturated carbocycles. The second-order valence-corrected chi connectivity index (χ2v) is 4.94. The zero-order valence-corrected chi connectivity index (χ0v) is 13.4. The van der Waals surface area contributed by atoms with Gasteiger partial charge in [-0.2, -0.15) is 0 Å². The van der Waals surface area contributed by atoms with E-state index in [2.05, 4.69) is 0 Å². The van der Waals surface area contributed by atoms with E-state index in [1.807, 2.05) is 0 Å². The van der Waals surface area contributed by atoms with Crippen molar-refractivity contribution in [2.24, 2.45) is 0 Å². The van der Waals surface area contributed by atoms with Gasteiger partial charge in [-0.05, 0) is 36.8 Å². The first-order valence-corrected chi connectivity index (χ1v) is 7.38. The minimum atomic E-state index is -0.499. The van der Waals surface area contributed by atoms with Crippen molar-refractivity contribution in [1.29, 1.82) is 0 Å². The summed E-state index contributed by atoms with van der Waals surface area (Å²) in [6.07, 6.45) is 1.42. The van der Waals surface area contributed by atoms with Gasteiger partial charge < -0.3 is 9.47 Å². The van der Waals surface area contributed by atoms with Gasteiger partial charge in [0.05, 0.1) is 17.1 Å². The van der Waals surface area contributed by atoms with Gasteiger partial charge in [-0.15, -0.1) is 0 Å². The zero-order chi connectivity index (χ0) is 17.5. The minimum Gasteiger partial charge on any atom is -0.490 e. The number of nitrogens with zero attached hydrogens (tertiary/aromatic N) is 1.